The third kappa shape index (κ3) is 5.32. The number of ether oxygens (including phenoxy) is 1. The Bertz CT molecular complexity index is 1280. The molecule has 1 heterocycles. The molecule has 0 saturated heterocycles. The summed E-state index contributed by atoms with van der Waals surface area (Å²) >= 11 is 0. The van der Waals surface area contributed by atoms with Gasteiger partial charge in [-0.25, -0.2) is 4.98 Å². The van der Waals surface area contributed by atoms with E-state index in [0.29, 0.717) is 28.9 Å². The first-order chi connectivity index (χ1) is 16.2. The maximum atomic E-state index is 13.3. The zero-order chi connectivity index (χ0) is 24.3. The number of hydrogen-bond acceptors (Lipinski definition) is 6. The van der Waals surface area contributed by atoms with Crippen LogP contribution in [-0.2, 0) is 0 Å². The Hall–Kier alpha value is -3.55. The van der Waals surface area contributed by atoms with Crippen LogP contribution in [0.3, 0.4) is 0 Å². The summed E-state index contributed by atoms with van der Waals surface area (Å²) in [6.07, 6.45) is 6.78. The number of hydrogen-bond donors (Lipinski definition) is 0. The highest BCUT2D eigenvalue weighted by atomic mass is 16.6. The number of benzene rings is 2. The highest BCUT2D eigenvalue weighted by molar-refractivity contribution is 5.82. The minimum absolute atomic E-state index is 0.131. The Balaban J connectivity index is 1.73. The maximum absolute atomic E-state index is 13.3. The molecule has 0 atom stereocenters. The Kier molecular flexibility index (Phi) is 6.77. The molecule has 4 rings (SSSR count). The van der Waals surface area contributed by atoms with Gasteiger partial charge in [0.25, 0.3) is 5.56 Å². The molecule has 1 saturated carbocycles. The van der Waals surface area contributed by atoms with Crippen LogP contribution in [0.5, 0.6) is 5.75 Å². The van der Waals surface area contributed by atoms with Gasteiger partial charge in [0.2, 0.25) is 0 Å². The lowest BCUT2D eigenvalue weighted by atomic mass is 9.88. The Morgan fingerprint density at radius 3 is 2.62 bits per heavy atom. The van der Waals surface area contributed by atoms with E-state index < -0.39 is 4.92 Å². The molecule has 0 amide bonds. The molecule has 2 aromatic carbocycles. The third-order valence-electron chi connectivity index (χ3n) is 5.91. The number of fused-ring (bicyclic) bond motifs is 1. The fraction of sp³-hybridized carbons (Fsp3) is 0.423. The van der Waals surface area contributed by atoms with Crippen molar-refractivity contribution in [2.24, 2.45) is 10.5 Å². The average molecular weight is 463 g/mol. The minimum atomic E-state index is -0.466. The van der Waals surface area contributed by atoms with Crippen LogP contribution in [0.25, 0.3) is 10.9 Å². The van der Waals surface area contributed by atoms with Gasteiger partial charge in [-0.15, -0.1) is 0 Å². The number of para-hydroxylation sites is 1. The van der Waals surface area contributed by atoms with Crippen molar-refractivity contribution in [3.8, 4) is 5.75 Å². The van der Waals surface area contributed by atoms with Gasteiger partial charge in [0.05, 0.1) is 28.6 Å². The van der Waals surface area contributed by atoms with E-state index in [1.54, 1.807) is 24.3 Å². The molecule has 8 nitrogen and oxygen atoms in total. The molecule has 0 spiro atoms. The van der Waals surface area contributed by atoms with E-state index in [1.165, 1.54) is 23.4 Å². The fourth-order valence-corrected chi connectivity index (χ4v) is 4.18. The molecule has 0 aliphatic heterocycles. The number of nitrogens with zero attached hydrogens (tertiary/aromatic N) is 4. The van der Waals surface area contributed by atoms with E-state index in [2.05, 4.69) is 5.10 Å². The Morgan fingerprint density at radius 2 is 1.91 bits per heavy atom. The Morgan fingerprint density at radius 1 is 1.18 bits per heavy atom. The first kappa shape index (κ1) is 23.6. The van der Waals surface area contributed by atoms with Crippen LogP contribution in [0, 0.1) is 15.5 Å². The van der Waals surface area contributed by atoms with Crippen molar-refractivity contribution in [1.82, 2.24) is 9.66 Å². The first-order valence-electron chi connectivity index (χ1n) is 11.7. The molecule has 0 unspecified atom stereocenters. The molecule has 1 aliphatic rings. The van der Waals surface area contributed by atoms with E-state index in [0.717, 1.165) is 25.7 Å². The summed E-state index contributed by atoms with van der Waals surface area (Å²) < 4.78 is 7.06. The number of nitro groups is 1. The average Bonchev–Trinajstić information content (AvgIpc) is 2.82. The van der Waals surface area contributed by atoms with Gasteiger partial charge in [0.1, 0.15) is 5.82 Å². The molecule has 0 bridgehead atoms. The van der Waals surface area contributed by atoms with Crippen LogP contribution in [0.1, 0.15) is 70.2 Å². The van der Waals surface area contributed by atoms with Crippen molar-refractivity contribution >= 4 is 22.8 Å². The van der Waals surface area contributed by atoms with Crippen LogP contribution >= 0.6 is 0 Å². The molecule has 1 aromatic heterocycles. The lowest BCUT2D eigenvalue weighted by Crippen LogP contribution is -2.25. The highest BCUT2D eigenvalue weighted by Gasteiger charge is 2.23. The Labute approximate surface area is 198 Å². The first-order valence-corrected chi connectivity index (χ1v) is 11.7. The van der Waals surface area contributed by atoms with E-state index in [1.807, 2.05) is 32.9 Å². The molecule has 0 N–H and O–H groups in total. The van der Waals surface area contributed by atoms with Gasteiger partial charge in [0, 0.05) is 17.5 Å². The van der Waals surface area contributed by atoms with Gasteiger partial charge in [-0.1, -0.05) is 52.2 Å². The van der Waals surface area contributed by atoms with E-state index in [4.69, 9.17) is 9.72 Å². The van der Waals surface area contributed by atoms with Gasteiger partial charge in [-0.05, 0) is 42.5 Å². The van der Waals surface area contributed by atoms with Gasteiger partial charge >= 0.3 is 5.69 Å². The fourth-order valence-electron chi connectivity index (χ4n) is 4.18. The zero-order valence-corrected chi connectivity index (χ0v) is 19.9. The smallest absolute Gasteiger partial charge is 0.311 e. The molecule has 3 aromatic rings. The second-order valence-corrected chi connectivity index (χ2v) is 10.0. The summed E-state index contributed by atoms with van der Waals surface area (Å²) in [7, 11) is 0. The van der Waals surface area contributed by atoms with Crippen LogP contribution in [0.15, 0.2) is 52.4 Å². The SMILES string of the molecule is CC(C)(C)COc1ccc(C=Nn2c(C3CCCCC3)nc3ccccc3c2=O)cc1[N+](=O)[O-]. The quantitative estimate of drug-likeness (QED) is 0.267. The summed E-state index contributed by atoms with van der Waals surface area (Å²) in [5.41, 5.74) is 0.667. The summed E-state index contributed by atoms with van der Waals surface area (Å²) in [5.74, 6) is 1.02. The zero-order valence-electron chi connectivity index (χ0n) is 19.9. The molecule has 178 valence electrons. The van der Waals surface area contributed by atoms with E-state index >= 15 is 0 Å². The topological polar surface area (TPSA) is 99.6 Å². The normalized spacial score (nSPS) is 15.1. The summed E-state index contributed by atoms with van der Waals surface area (Å²) in [6, 6.07) is 12.0. The number of aromatic nitrogens is 2. The molecule has 8 heteroatoms. The summed E-state index contributed by atoms with van der Waals surface area (Å²) in [6.45, 7) is 6.35. The standard InChI is InChI=1S/C26H30N4O4/c1-26(2,3)17-34-23-14-13-18(15-22(23)30(32)33)16-27-29-24(19-9-5-4-6-10-19)28-21-12-8-7-11-20(21)25(29)31/h7-8,11-16,19H,4-6,9-10,17H2,1-3H3. The maximum Gasteiger partial charge on any atom is 0.311 e. The third-order valence-corrected chi connectivity index (χ3v) is 5.91. The summed E-state index contributed by atoms with van der Waals surface area (Å²) in [4.78, 5) is 29.3. The minimum Gasteiger partial charge on any atom is -0.486 e. The van der Waals surface area contributed by atoms with Crippen molar-refractivity contribution in [3.05, 3.63) is 74.3 Å². The monoisotopic (exact) mass is 462 g/mol. The second kappa shape index (κ2) is 9.75. The van der Waals surface area contributed by atoms with Gasteiger partial charge in [-0.2, -0.15) is 9.78 Å². The largest absolute Gasteiger partial charge is 0.486 e. The predicted molar refractivity (Wildman–Crippen MR) is 133 cm³/mol. The number of rotatable bonds is 6. The van der Waals surface area contributed by atoms with Crippen LogP contribution in [0.2, 0.25) is 0 Å². The van der Waals surface area contributed by atoms with Gasteiger partial charge in [-0.3, -0.25) is 14.9 Å². The molecule has 34 heavy (non-hydrogen) atoms. The van der Waals surface area contributed by atoms with Crippen LogP contribution < -0.4 is 10.3 Å². The second-order valence-electron chi connectivity index (χ2n) is 10.0. The lowest BCUT2D eigenvalue weighted by Gasteiger charge is -2.22. The summed E-state index contributed by atoms with van der Waals surface area (Å²) in [5, 5.41) is 16.6. The highest BCUT2D eigenvalue weighted by Crippen LogP contribution is 2.32. The molecule has 0 radical (unpaired) electrons. The van der Waals surface area contributed by atoms with E-state index in [9.17, 15) is 14.9 Å². The van der Waals surface area contributed by atoms with Crippen LogP contribution in [0.4, 0.5) is 5.69 Å². The van der Waals surface area contributed by atoms with Gasteiger partial charge in [0.15, 0.2) is 5.75 Å². The molecule has 1 aliphatic carbocycles. The van der Waals surface area contributed by atoms with Gasteiger partial charge < -0.3 is 4.74 Å². The lowest BCUT2D eigenvalue weighted by molar-refractivity contribution is -0.386. The van der Waals surface area contributed by atoms with Crippen molar-refractivity contribution in [2.75, 3.05) is 6.61 Å². The van der Waals surface area contributed by atoms with E-state index in [-0.39, 0.29) is 28.3 Å². The molecular formula is C26H30N4O4. The van der Waals surface area contributed by atoms with Crippen molar-refractivity contribution < 1.29 is 9.66 Å². The molecule has 1 fully saturated rings. The van der Waals surface area contributed by atoms with Crippen molar-refractivity contribution in [1.29, 1.82) is 0 Å². The van der Waals surface area contributed by atoms with Crippen molar-refractivity contribution in [3.63, 3.8) is 0 Å². The number of nitro benzene ring substituents is 1. The van der Waals surface area contributed by atoms with Crippen LogP contribution in [-0.4, -0.2) is 27.4 Å². The van der Waals surface area contributed by atoms with Crippen molar-refractivity contribution in [2.45, 2.75) is 58.8 Å². The predicted octanol–water partition coefficient (Wildman–Crippen LogP) is 5.66. The molecular weight excluding hydrogens is 432 g/mol.